The monoisotopic (exact) mass is 324 g/mol. The SMILES string of the molecule is CC1CCC(C(O)Cc2cc(Br)cc3c2OCC3)C1. The highest BCUT2D eigenvalue weighted by Gasteiger charge is 2.29. The maximum absolute atomic E-state index is 10.5. The van der Waals surface area contributed by atoms with E-state index >= 15 is 0 Å². The van der Waals surface area contributed by atoms with E-state index in [2.05, 4.69) is 35.0 Å². The summed E-state index contributed by atoms with van der Waals surface area (Å²) in [6, 6.07) is 4.24. The number of rotatable bonds is 3. The van der Waals surface area contributed by atoms with Gasteiger partial charge in [0.2, 0.25) is 0 Å². The fourth-order valence-electron chi connectivity index (χ4n) is 3.49. The Bertz CT molecular complexity index is 472. The van der Waals surface area contributed by atoms with Crippen LogP contribution in [0.15, 0.2) is 16.6 Å². The Hall–Kier alpha value is -0.540. The number of ether oxygens (including phenoxy) is 1. The van der Waals surface area contributed by atoms with Gasteiger partial charge in [0.05, 0.1) is 12.7 Å². The second-order valence-corrected chi connectivity index (χ2v) is 7.02. The van der Waals surface area contributed by atoms with Crippen LogP contribution in [0.1, 0.15) is 37.3 Å². The molecule has 3 rings (SSSR count). The molecule has 3 unspecified atom stereocenters. The minimum Gasteiger partial charge on any atom is -0.493 e. The van der Waals surface area contributed by atoms with Crippen LogP contribution in [0.4, 0.5) is 0 Å². The summed E-state index contributed by atoms with van der Waals surface area (Å²) >= 11 is 3.56. The van der Waals surface area contributed by atoms with Crippen molar-refractivity contribution in [2.24, 2.45) is 11.8 Å². The lowest BCUT2D eigenvalue weighted by Gasteiger charge is -2.19. The molecule has 1 saturated carbocycles. The van der Waals surface area contributed by atoms with Crippen molar-refractivity contribution in [1.29, 1.82) is 0 Å². The molecule has 3 heteroatoms. The molecule has 1 aromatic rings. The molecular formula is C16H21BrO2. The quantitative estimate of drug-likeness (QED) is 0.918. The van der Waals surface area contributed by atoms with E-state index in [1.807, 2.05) is 0 Å². The summed E-state index contributed by atoms with van der Waals surface area (Å²) < 4.78 is 6.83. The molecule has 104 valence electrons. The number of halogens is 1. The van der Waals surface area contributed by atoms with Crippen LogP contribution in [0, 0.1) is 11.8 Å². The molecule has 0 aromatic heterocycles. The van der Waals surface area contributed by atoms with Crippen molar-refractivity contribution in [1.82, 2.24) is 0 Å². The molecule has 0 radical (unpaired) electrons. The Morgan fingerprint density at radius 3 is 3.00 bits per heavy atom. The van der Waals surface area contributed by atoms with Crippen molar-refractivity contribution >= 4 is 15.9 Å². The Morgan fingerprint density at radius 1 is 1.42 bits per heavy atom. The summed E-state index contributed by atoms with van der Waals surface area (Å²) in [6.07, 6.45) is 5.07. The summed E-state index contributed by atoms with van der Waals surface area (Å²) in [5.74, 6) is 2.25. The van der Waals surface area contributed by atoms with Gasteiger partial charge in [-0.05, 0) is 47.9 Å². The lowest BCUT2D eigenvalue weighted by atomic mass is 9.93. The van der Waals surface area contributed by atoms with Gasteiger partial charge < -0.3 is 9.84 Å². The summed E-state index contributed by atoms with van der Waals surface area (Å²) in [5.41, 5.74) is 2.44. The molecule has 1 fully saturated rings. The number of fused-ring (bicyclic) bond motifs is 1. The van der Waals surface area contributed by atoms with E-state index in [0.717, 1.165) is 47.6 Å². The third-order valence-corrected chi connectivity index (χ3v) is 4.99. The zero-order valence-electron chi connectivity index (χ0n) is 11.4. The predicted octanol–water partition coefficient (Wildman–Crippen LogP) is 3.72. The van der Waals surface area contributed by atoms with Gasteiger partial charge >= 0.3 is 0 Å². The zero-order valence-corrected chi connectivity index (χ0v) is 12.9. The van der Waals surface area contributed by atoms with E-state index in [0.29, 0.717) is 5.92 Å². The van der Waals surface area contributed by atoms with Gasteiger partial charge in [0.1, 0.15) is 5.75 Å². The zero-order chi connectivity index (χ0) is 13.4. The summed E-state index contributed by atoms with van der Waals surface area (Å²) in [4.78, 5) is 0. The highest BCUT2D eigenvalue weighted by Crippen LogP contribution is 2.37. The largest absolute Gasteiger partial charge is 0.493 e. The van der Waals surface area contributed by atoms with Crippen LogP contribution >= 0.6 is 15.9 Å². The van der Waals surface area contributed by atoms with Gasteiger partial charge in [-0.3, -0.25) is 0 Å². The molecule has 1 N–H and O–H groups in total. The highest BCUT2D eigenvalue weighted by atomic mass is 79.9. The van der Waals surface area contributed by atoms with Gasteiger partial charge in [-0.1, -0.05) is 29.3 Å². The highest BCUT2D eigenvalue weighted by molar-refractivity contribution is 9.10. The first-order valence-electron chi connectivity index (χ1n) is 7.25. The Labute approximate surface area is 123 Å². The summed E-state index contributed by atoms with van der Waals surface area (Å²) in [5, 5.41) is 10.5. The minimum absolute atomic E-state index is 0.229. The Morgan fingerprint density at radius 2 is 2.26 bits per heavy atom. The molecule has 2 aliphatic rings. The average molecular weight is 325 g/mol. The van der Waals surface area contributed by atoms with Gasteiger partial charge in [-0.15, -0.1) is 0 Å². The Balaban J connectivity index is 1.76. The van der Waals surface area contributed by atoms with E-state index in [1.54, 1.807) is 0 Å². The fourth-order valence-corrected chi connectivity index (χ4v) is 4.04. The van der Waals surface area contributed by atoms with Crippen LogP contribution in [0.3, 0.4) is 0 Å². The molecular weight excluding hydrogens is 304 g/mol. The first kappa shape index (κ1) is 13.4. The standard InChI is InChI=1S/C16H21BrO2/c1-10-2-3-11(6-10)15(18)9-13-8-14(17)7-12-4-5-19-16(12)13/h7-8,10-11,15,18H,2-6,9H2,1H3. The molecule has 0 amide bonds. The molecule has 2 nitrogen and oxygen atoms in total. The summed E-state index contributed by atoms with van der Waals surface area (Å²) in [6.45, 7) is 3.06. The van der Waals surface area contributed by atoms with Crippen molar-refractivity contribution in [3.8, 4) is 5.75 Å². The molecule has 1 aromatic carbocycles. The number of benzene rings is 1. The smallest absolute Gasteiger partial charge is 0.125 e. The lowest BCUT2D eigenvalue weighted by molar-refractivity contribution is 0.108. The first-order chi connectivity index (χ1) is 9.13. The van der Waals surface area contributed by atoms with Crippen LogP contribution in [-0.2, 0) is 12.8 Å². The molecule has 0 spiro atoms. The maximum atomic E-state index is 10.5. The van der Waals surface area contributed by atoms with Crippen LogP contribution in [-0.4, -0.2) is 17.8 Å². The topological polar surface area (TPSA) is 29.5 Å². The van der Waals surface area contributed by atoms with Crippen molar-refractivity contribution in [2.45, 2.75) is 45.1 Å². The lowest BCUT2D eigenvalue weighted by Crippen LogP contribution is -2.21. The van der Waals surface area contributed by atoms with Crippen LogP contribution < -0.4 is 4.74 Å². The maximum Gasteiger partial charge on any atom is 0.125 e. The van der Waals surface area contributed by atoms with Gasteiger partial charge in [0.15, 0.2) is 0 Å². The first-order valence-corrected chi connectivity index (χ1v) is 8.05. The Kier molecular flexibility index (Phi) is 3.86. The number of hydrogen-bond donors (Lipinski definition) is 1. The molecule has 1 heterocycles. The van der Waals surface area contributed by atoms with Crippen LogP contribution in [0.25, 0.3) is 0 Å². The summed E-state index contributed by atoms with van der Waals surface area (Å²) in [7, 11) is 0. The second-order valence-electron chi connectivity index (χ2n) is 6.10. The normalized spacial score (nSPS) is 27.1. The van der Waals surface area contributed by atoms with Gasteiger partial charge in [-0.2, -0.15) is 0 Å². The van der Waals surface area contributed by atoms with Gasteiger partial charge in [0.25, 0.3) is 0 Å². The van der Waals surface area contributed by atoms with E-state index < -0.39 is 0 Å². The van der Waals surface area contributed by atoms with E-state index in [-0.39, 0.29) is 6.10 Å². The number of hydrogen-bond acceptors (Lipinski definition) is 2. The third kappa shape index (κ3) is 2.82. The van der Waals surface area contributed by atoms with E-state index in [1.165, 1.54) is 18.4 Å². The van der Waals surface area contributed by atoms with Gasteiger partial charge in [-0.25, -0.2) is 0 Å². The second kappa shape index (κ2) is 5.45. The van der Waals surface area contributed by atoms with E-state index in [9.17, 15) is 5.11 Å². The average Bonchev–Trinajstić information content (AvgIpc) is 2.97. The molecule has 1 aliphatic heterocycles. The minimum atomic E-state index is -0.229. The van der Waals surface area contributed by atoms with Gasteiger partial charge in [0, 0.05) is 17.3 Å². The van der Waals surface area contributed by atoms with Crippen molar-refractivity contribution in [3.05, 3.63) is 27.7 Å². The van der Waals surface area contributed by atoms with Crippen molar-refractivity contribution in [2.75, 3.05) is 6.61 Å². The van der Waals surface area contributed by atoms with Crippen molar-refractivity contribution in [3.63, 3.8) is 0 Å². The third-order valence-electron chi connectivity index (χ3n) is 4.53. The predicted molar refractivity (Wildman–Crippen MR) is 79.6 cm³/mol. The number of aliphatic hydroxyl groups excluding tert-OH is 1. The van der Waals surface area contributed by atoms with E-state index in [4.69, 9.17) is 4.74 Å². The van der Waals surface area contributed by atoms with Crippen LogP contribution in [0.2, 0.25) is 0 Å². The fraction of sp³-hybridized carbons (Fsp3) is 0.625. The molecule has 0 saturated heterocycles. The van der Waals surface area contributed by atoms with Crippen LogP contribution in [0.5, 0.6) is 5.75 Å². The van der Waals surface area contributed by atoms with Crippen molar-refractivity contribution < 1.29 is 9.84 Å². The molecule has 19 heavy (non-hydrogen) atoms. The molecule has 1 aliphatic carbocycles. The number of aliphatic hydroxyl groups is 1. The molecule has 0 bridgehead atoms. The molecule has 3 atom stereocenters.